The number of aromatic nitrogens is 1. The van der Waals surface area contributed by atoms with Crippen LogP contribution in [0.5, 0.6) is 0 Å². The summed E-state index contributed by atoms with van der Waals surface area (Å²) in [6.45, 7) is 0. The van der Waals surface area contributed by atoms with Crippen LogP contribution in [0.1, 0.15) is 11.2 Å². The zero-order valence-electron chi connectivity index (χ0n) is 8.64. The summed E-state index contributed by atoms with van der Waals surface area (Å²) in [4.78, 5) is 40.1. The van der Waals surface area contributed by atoms with Gasteiger partial charge in [-0.25, -0.2) is 4.98 Å². The molecule has 102 valence electrons. The van der Waals surface area contributed by atoms with Crippen molar-refractivity contribution in [2.45, 2.75) is 5.66 Å². The van der Waals surface area contributed by atoms with Gasteiger partial charge in [0.15, 0.2) is 0 Å². The van der Waals surface area contributed by atoms with Crippen LogP contribution in [0, 0.1) is 3.57 Å². The normalized spacial score (nSPS) is 14.6. The van der Waals surface area contributed by atoms with Gasteiger partial charge >= 0.3 is 15.2 Å². The molecule has 7 nitrogen and oxygen atoms in total. The second-order valence-corrected chi connectivity index (χ2v) is 8.98. The van der Waals surface area contributed by atoms with E-state index in [4.69, 9.17) is 9.79 Å². The molecule has 1 heterocycles. The van der Waals surface area contributed by atoms with Crippen molar-refractivity contribution in [3.63, 3.8) is 0 Å². The van der Waals surface area contributed by atoms with Crippen LogP contribution in [-0.4, -0.2) is 30.7 Å². The van der Waals surface area contributed by atoms with Gasteiger partial charge in [0.25, 0.3) is 0 Å². The lowest BCUT2D eigenvalue weighted by atomic mass is 10.2. The van der Waals surface area contributed by atoms with E-state index in [1.807, 2.05) is 22.6 Å². The van der Waals surface area contributed by atoms with Crippen LogP contribution in [0.15, 0.2) is 16.9 Å². The van der Waals surface area contributed by atoms with E-state index in [0.29, 0.717) is 3.57 Å². The maximum absolute atomic E-state index is 11.4. The molecule has 1 aromatic heterocycles. The first-order chi connectivity index (χ1) is 8.00. The lowest BCUT2D eigenvalue weighted by molar-refractivity contribution is 0.346. The number of halogens is 2. The van der Waals surface area contributed by atoms with Crippen molar-refractivity contribution < 1.29 is 28.7 Å². The third-order valence-corrected chi connectivity index (χ3v) is 5.66. The fourth-order valence-corrected chi connectivity index (χ4v) is 5.12. The maximum Gasteiger partial charge on any atom is 0.333 e. The molecule has 0 fully saturated rings. The summed E-state index contributed by atoms with van der Waals surface area (Å²) in [5, 5.41) is 0. The lowest BCUT2D eigenvalue weighted by Gasteiger charge is -2.20. The highest BCUT2D eigenvalue weighted by Gasteiger charge is 2.37. The number of pyridine rings is 1. The van der Waals surface area contributed by atoms with E-state index in [1.165, 1.54) is 12.3 Å². The van der Waals surface area contributed by atoms with Crippen molar-refractivity contribution in [3.05, 3.63) is 26.0 Å². The van der Waals surface area contributed by atoms with Gasteiger partial charge in [0.1, 0.15) is 4.60 Å². The van der Waals surface area contributed by atoms with Gasteiger partial charge in [-0.3, -0.25) is 9.13 Å². The predicted molar refractivity (Wildman–Crippen MR) is 76.4 cm³/mol. The van der Waals surface area contributed by atoms with E-state index < -0.39 is 27.0 Å². The van der Waals surface area contributed by atoms with E-state index >= 15 is 0 Å². The Morgan fingerprint density at radius 2 is 1.89 bits per heavy atom. The summed E-state index contributed by atoms with van der Waals surface area (Å²) in [5.41, 5.74) is -1.51. The van der Waals surface area contributed by atoms with Crippen LogP contribution < -0.4 is 0 Å². The first kappa shape index (κ1) is 16.7. The van der Waals surface area contributed by atoms with Crippen molar-refractivity contribution in [2.24, 2.45) is 0 Å². The van der Waals surface area contributed by atoms with Crippen LogP contribution in [0.25, 0.3) is 0 Å². The van der Waals surface area contributed by atoms with Crippen molar-refractivity contribution >= 4 is 53.7 Å². The van der Waals surface area contributed by atoms with Crippen LogP contribution in [-0.2, 0) is 9.13 Å². The van der Waals surface area contributed by atoms with Crippen molar-refractivity contribution in [2.75, 3.05) is 6.16 Å². The molecule has 0 aliphatic carbocycles. The van der Waals surface area contributed by atoms with Crippen LogP contribution in [0.4, 0.5) is 0 Å². The van der Waals surface area contributed by atoms with Crippen LogP contribution >= 0.6 is 53.7 Å². The van der Waals surface area contributed by atoms with Gasteiger partial charge in [-0.1, -0.05) is 0 Å². The van der Waals surface area contributed by atoms with E-state index in [-0.39, 0.29) is 10.2 Å². The second-order valence-electron chi connectivity index (χ2n) is 3.49. The molecule has 11 heteroatoms. The minimum absolute atomic E-state index is 0.0820. The Morgan fingerprint density at radius 3 is 2.33 bits per heavy atom. The molecule has 0 spiro atoms. The molecule has 4 N–H and O–H groups in total. The van der Waals surface area contributed by atoms with Crippen LogP contribution in [0.3, 0.4) is 0 Å². The van der Waals surface area contributed by atoms with Crippen molar-refractivity contribution in [1.82, 2.24) is 4.98 Å². The Labute approximate surface area is 125 Å². The van der Waals surface area contributed by atoms with E-state index in [1.54, 1.807) is 0 Å². The molecule has 18 heavy (non-hydrogen) atoms. The maximum atomic E-state index is 11.4. The quantitative estimate of drug-likeness (QED) is 0.300. The van der Waals surface area contributed by atoms with Crippen LogP contribution in [0.2, 0.25) is 0 Å². The lowest BCUT2D eigenvalue weighted by Crippen LogP contribution is -2.08. The average Bonchev–Trinajstić information content (AvgIpc) is 2.15. The van der Waals surface area contributed by atoms with E-state index in [2.05, 4.69) is 20.9 Å². The molecule has 1 aromatic rings. The first-order valence-electron chi connectivity index (χ1n) is 4.41. The summed E-state index contributed by atoms with van der Waals surface area (Å²) in [5.74, 6) is 0. The molecule has 0 amide bonds. The monoisotopic (exact) mass is 471 g/mol. The molecular weight excluding hydrogens is 463 g/mol. The zero-order chi connectivity index (χ0) is 14.1. The van der Waals surface area contributed by atoms with Crippen molar-refractivity contribution in [1.29, 1.82) is 0 Å². The molecule has 0 aliphatic rings. The fraction of sp³-hybridized carbons (Fsp3) is 0.286. The average molecular weight is 472 g/mol. The minimum Gasteiger partial charge on any atom is -0.324 e. The summed E-state index contributed by atoms with van der Waals surface area (Å²) < 4.78 is 23.1. The van der Waals surface area contributed by atoms with Gasteiger partial charge in [-0.15, -0.1) is 0 Å². The van der Waals surface area contributed by atoms with Gasteiger partial charge in [-0.05, 0) is 44.6 Å². The third kappa shape index (κ3) is 4.97. The predicted octanol–water partition coefficient (Wildman–Crippen LogP) is 1.85. The highest BCUT2D eigenvalue weighted by Crippen LogP contribution is 2.58. The summed E-state index contributed by atoms with van der Waals surface area (Å²) in [6.07, 6.45) is 0.528. The van der Waals surface area contributed by atoms with Gasteiger partial charge < -0.3 is 19.6 Å². The number of hydrogen-bond acceptors (Lipinski definition) is 3. The Bertz CT molecular complexity index is 543. The van der Waals surface area contributed by atoms with Crippen molar-refractivity contribution in [3.8, 4) is 0 Å². The van der Waals surface area contributed by atoms with Gasteiger partial charge in [0, 0.05) is 15.3 Å². The molecule has 0 saturated heterocycles. The molecule has 0 aliphatic heterocycles. The topological polar surface area (TPSA) is 128 Å². The second kappa shape index (κ2) is 5.97. The summed E-state index contributed by atoms with van der Waals surface area (Å²) >= 11 is 4.91. The van der Waals surface area contributed by atoms with Gasteiger partial charge in [0.05, 0.1) is 11.8 Å². The SMILES string of the molecule is O=P(O)(O)CC(c1cc(I)cnc1Br)P(=O)(O)O. The number of nitrogens with zero attached hydrogens (tertiary/aromatic N) is 1. The summed E-state index contributed by atoms with van der Waals surface area (Å²) in [6, 6.07) is 1.43. The van der Waals surface area contributed by atoms with E-state index in [9.17, 15) is 18.9 Å². The molecule has 0 saturated carbocycles. The standard InChI is InChI=1S/C7H9BrINO6P2/c8-7-5(1-4(9)2-10-7)6(18(14,15)16)3-17(11,12)13/h1-2,6H,3H2,(H2,11,12,13)(H2,14,15,16). The molecular formula is C7H9BrINO6P2. The number of rotatable bonds is 4. The fourth-order valence-electron chi connectivity index (χ4n) is 1.28. The van der Waals surface area contributed by atoms with Gasteiger partial charge in [0.2, 0.25) is 0 Å². The largest absolute Gasteiger partial charge is 0.333 e. The molecule has 0 aromatic carbocycles. The van der Waals surface area contributed by atoms with Gasteiger partial charge in [-0.2, -0.15) is 0 Å². The Morgan fingerprint density at radius 1 is 1.33 bits per heavy atom. The summed E-state index contributed by atoms with van der Waals surface area (Å²) in [7, 11) is -9.27. The first-order valence-corrected chi connectivity index (χ1v) is 9.76. The molecule has 0 radical (unpaired) electrons. The molecule has 1 atom stereocenters. The Kier molecular flexibility index (Phi) is 5.54. The highest BCUT2D eigenvalue weighted by atomic mass is 127. The molecule has 0 bridgehead atoms. The highest BCUT2D eigenvalue weighted by molar-refractivity contribution is 14.1. The Balaban J connectivity index is 3.31. The Hall–Kier alpha value is 0.660. The zero-order valence-corrected chi connectivity index (χ0v) is 14.2. The smallest absolute Gasteiger partial charge is 0.324 e. The molecule has 1 unspecified atom stereocenters. The number of hydrogen-bond donors (Lipinski definition) is 4. The minimum atomic E-state index is -4.71. The third-order valence-electron chi connectivity index (χ3n) is 2.01. The van der Waals surface area contributed by atoms with E-state index in [0.717, 1.165) is 0 Å². The molecule has 1 rings (SSSR count).